The minimum Gasteiger partial charge on any atom is -0.350 e. The minimum atomic E-state index is -0.0126. The number of rotatable bonds is 6. The highest BCUT2D eigenvalue weighted by Crippen LogP contribution is 2.26. The molecule has 3 nitrogen and oxygen atoms in total. The first kappa shape index (κ1) is 17.6. The Kier molecular flexibility index (Phi) is 5.07. The molecule has 1 N–H and O–H groups in total. The molecule has 4 rings (SSSR count). The van der Waals surface area contributed by atoms with Crippen molar-refractivity contribution in [3.05, 3.63) is 94.5 Å². The van der Waals surface area contributed by atoms with Gasteiger partial charge in [0.25, 0.3) is 5.91 Å². The van der Waals surface area contributed by atoms with E-state index in [1.165, 1.54) is 16.7 Å². The summed E-state index contributed by atoms with van der Waals surface area (Å²) in [7, 11) is 0. The molecule has 0 unspecified atom stereocenters. The van der Waals surface area contributed by atoms with Crippen LogP contribution in [0, 0.1) is 6.92 Å². The first-order chi connectivity index (χ1) is 13.2. The molecule has 4 aromatic rings. The Morgan fingerprint density at radius 2 is 1.78 bits per heavy atom. The molecule has 136 valence electrons. The van der Waals surface area contributed by atoms with Gasteiger partial charge in [-0.3, -0.25) is 4.79 Å². The highest BCUT2D eigenvalue weighted by molar-refractivity contribution is 7.17. The van der Waals surface area contributed by atoms with Crippen LogP contribution in [-0.4, -0.2) is 17.0 Å². The number of carbonyl (C=O) groups excluding carboxylic acids is 1. The monoisotopic (exact) mass is 374 g/mol. The van der Waals surface area contributed by atoms with E-state index in [0.29, 0.717) is 13.1 Å². The maximum Gasteiger partial charge on any atom is 0.267 e. The summed E-state index contributed by atoms with van der Waals surface area (Å²) < 4.78 is 3.27. The number of hydrogen-bond acceptors (Lipinski definition) is 2. The van der Waals surface area contributed by atoms with Gasteiger partial charge in [-0.15, -0.1) is 11.3 Å². The van der Waals surface area contributed by atoms with Gasteiger partial charge in [0, 0.05) is 13.1 Å². The minimum absolute atomic E-state index is 0.0126. The van der Waals surface area contributed by atoms with Crippen molar-refractivity contribution in [1.82, 2.24) is 9.88 Å². The third kappa shape index (κ3) is 3.96. The summed E-state index contributed by atoms with van der Waals surface area (Å²) in [6, 6.07) is 22.8. The van der Waals surface area contributed by atoms with Gasteiger partial charge < -0.3 is 9.88 Å². The van der Waals surface area contributed by atoms with E-state index < -0.39 is 0 Å². The highest BCUT2D eigenvalue weighted by Gasteiger charge is 2.16. The number of thiophene rings is 1. The van der Waals surface area contributed by atoms with Crippen LogP contribution in [0.25, 0.3) is 10.2 Å². The Morgan fingerprint density at radius 3 is 2.56 bits per heavy atom. The molecule has 0 saturated heterocycles. The molecule has 0 spiro atoms. The molecule has 2 aromatic heterocycles. The number of nitrogens with zero attached hydrogens (tertiary/aromatic N) is 1. The van der Waals surface area contributed by atoms with Crippen LogP contribution in [0.15, 0.2) is 72.1 Å². The Hall–Kier alpha value is -2.85. The number of hydrogen-bond donors (Lipinski definition) is 1. The average Bonchev–Trinajstić information content (AvgIpc) is 3.27. The van der Waals surface area contributed by atoms with Crippen LogP contribution in [0.5, 0.6) is 0 Å². The Morgan fingerprint density at radius 1 is 1.00 bits per heavy atom. The summed E-state index contributed by atoms with van der Waals surface area (Å²) in [5.74, 6) is -0.0126. The third-order valence-corrected chi connectivity index (χ3v) is 5.61. The molecule has 4 heteroatoms. The van der Waals surface area contributed by atoms with Gasteiger partial charge in [0.15, 0.2) is 0 Å². The van der Waals surface area contributed by atoms with Crippen molar-refractivity contribution in [2.75, 3.05) is 6.54 Å². The smallest absolute Gasteiger partial charge is 0.267 e. The van der Waals surface area contributed by atoms with E-state index in [1.807, 2.05) is 24.3 Å². The Balaban J connectivity index is 1.52. The fourth-order valence-electron chi connectivity index (χ4n) is 3.27. The zero-order chi connectivity index (χ0) is 18.6. The Labute approximate surface area is 163 Å². The summed E-state index contributed by atoms with van der Waals surface area (Å²) in [6.45, 7) is 3.41. The summed E-state index contributed by atoms with van der Waals surface area (Å²) >= 11 is 1.67. The van der Waals surface area contributed by atoms with Crippen molar-refractivity contribution in [1.29, 1.82) is 0 Å². The number of nitrogens with one attached hydrogen (secondary N) is 1. The lowest BCUT2D eigenvalue weighted by atomic mass is 10.1. The number of amides is 1. The normalized spacial score (nSPS) is 11.0. The van der Waals surface area contributed by atoms with Crippen molar-refractivity contribution >= 4 is 27.5 Å². The fraction of sp³-hybridized carbons (Fsp3) is 0.174. The van der Waals surface area contributed by atoms with Gasteiger partial charge in [-0.1, -0.05) is 60.2 Å². The number of fused-ring (bicyclic) bond motifs is 1. The second-order valence-corrected chi connectivity index (χ2v) is 7.71. The Bertz CT molecular complexity index is 1050. The molecule has 2 heterocycles. The lowest BCUT2D eigenvalue weighted by Crippen LogP contribution is -2.28. The number of aromatic nitrogens is 1. The highest BCUT2D eigenvalue weighted by atomic mass is 32.1. The van der Waals surface area contributed by atoms with Gasteiger partial charge in [0.1, 0.15) is 5.69 Å². The van der Waals surface area contributed by atoms with Crippen molar-refractivity contribution in [2.24, 2.45) is 0 Å². The van der Waals surface area contributed by atoms with Gasteiger partial charge in [-0.05, 0) is 42.0 Å². The van der Waals surface area contributed by atoms with Gasteiger partial charge in [0.05, 0.1) is 10.2 Å². The largest absolute Gasteiger partial charge is 0.350 e. The van der Waals surface area contributed by atoms with E-state index >= 15 is 0 Å². The average molecular weight is 375 g/mol. The molecule has 0 radical (unpaired) electrons. The van der Waals surface area contributed by atoms with Gasteiger partial charge in [0.2, 0.25) is 0 Å². The molecule has 0 aliphatic rings. The van der Waals surface area contributed by atoms with Crippen molar-refractivity contribution in [3.8, 4) is 0 Å². The summed E-state index contributed by atoms with van der Waals surface area (Å²) in [5, 5.41) is 5.16. The molecule has 27 heavy (non-hydrogen) atoms. The summed E-state index contributed by atoms with van der Waals surface area (Å²) in [6.07, 6.45) is 0.833. The predicted molar refractivity (Wildman–Crippen MR) is 113 cm³/mol. The van der Waals surface area contributed by atoms with Crippen LogP contribution in [0.3, 0.4) is 0 Å². The van der Waals surface area contributed by atoms with Crippen LogP contribution in [-0.2, 0) is 13.0 Å². The number of carbonyl (C=O) groups is 1. The van der Waals surface area contributed by atoms with E-state index in [4.69, 9.17) is 0 Å². The zero-order valence-electron chi connectivity index (χ0n) is 15.3. The van der Waals surface area contributed by atoms with Gasteiger partial charge in [-0.2, -0.15) is 0 Å². The maximum atomic E-state index is 12.8. The fourth-order valence-corrected chi connectivity index (χ4v) is 4.09. The molecule has 0 atom stereocenters. The number of aryl methyl sites for hydroxylation is 1. The molecule has 0 fully saturated rings. The first-order valence-electron chi connectivity index (χ1n) is 9.15. The first-order valence-corrected chi connectivity index (χ1v) is 10.0. The molecule has 0 aliphatic carbocycles. The van der Waals surface area contributed by atoms with E-state index in [-0.39, 0.29) is 5.91 Å². The lowest BCUT2D eigenvalue weighted by Gasteiger charge is -2.11. The second-order valence-electron chi connectivity index (χ2n) is 6.76. The van der Waals surface area contributed by atoms with Crippen molar-refractivity contribution in [3.63, 3.8) is 0 Å². The molecular formula is C23H22N2OS. The third-order valence-electron chi connectivity index (χ3n) is 4.76. The summed E-state index contributed by atoms with van der Waals surface area (Å²) in [4.78, 5) is 12.8. The second kappa shape index (κ2) is 7.80. The molecule has 1 amide bonds. The molecule has 2 aromatic carbocycles. The zero-order valence-corrected chi connectivity index (χ0v) is 16.1. The van der Waals surface area contributed by atoms with Crippen molar-refractivity contribution in [2.45, 2.75) is 19.9 Å². The van der Waals surface area contributed by atoms with Crippen LogP contribution >= 0.6 is 11.3 Å². The SMILES string of the molecule is Cc1ccc(Cn2c(C(=O)NCCc3ccccc3)cc3sccc32)cc1. The van der Waals surface area contributed by atoms with Crippen LogP contribution in [0.4, 0.5) is 0 Å². The maximum absolute atomic E-state index is 12.8. The molecule has 0 saturated carbocycles. The van der Waals surface area contributed by atoms with Gasteiger partial charge >= 0.3 is 0 Å². The van der Waals surface area contributed by atoms with E-state index in [2.05, 4.69) is 64.7 Å². The van der Waals surface area contributed by atoms with Gasteiger partial charge in [-0.25, -0.2) is 0 Å². The van der Waals surface area contributed by atoms with Crippen LogP contribution < -0.4 is 5.32 Å². The van der Waals surface area contributed by atoms with Crippen LogP contribution in [0.1, 0.15) is 27.2 Å². The van der Waals surface area contributed by atoms with E-state index in [9.17, 15) is 4.79 Å². The van der Waals surface area contributed by atoms with Crippen LogP contribution in [0.2, 0.25) is 0 Å². The van der Waals surface area contributed by atoms with Crippen molar-refractivity contribution < 1.29 is 4.79 Å². The molecule has 0 bridgehead atoms. The summed E-state index contributed by atoms with van der Waals surface area (Å²) in [5.41, 5.74) is 5.52. The quantitative estimate of drug-likeness (QED) is 0.504. The van der Waals surface area contributed by atoms with E-state index in [0.717, 1.165) is 22.3 Å². The molecular weight excluding hydrogens is 352 g/mol. The predicted octanol–water partition coefficient (Wildman–Crippen LogP) is 5.03. The lowest BCUT2D eigenvalue weighted by molar-refractivity contribution is 0.0946. The van der Waals surface area contributed by atoms with E-state index in [1.54, 1.807) is 11.3 Å². The topological polar surface area (TPSA) is 34.0 Å². The molecule has 0 aliphatic heterocycles. The standard InChI is InChI=1S/C23H22N2OS/c1-17-7-9-19(10-8-17)16-25-20-12-14-27-22(20)15-21(25)23(26)24-13-11-18-5-3-2-4-6-18/h2-10,12,14-15H,11,13,16H2,1H3,(H,24,26). The number of benzene rings is 2.